The van der Waals surface area contributed by atoms with Crippen LogP contribution in [0.4, 0.5) is 9.59 Å². The Hall–Kier alpha value is -5.97. The summed E-state index contributed by atoms with van der Waals surface area (Å²) in [5.74, 6) is 2.39. The van der Waals surface area contributed by atoms with Crippen molar-refractivity contribution >= 4 is 65.3 Å². The maximum atomic E-state index is 15.3. The first-order valence-corrected chi connectivity index (χ1v) is 31.6. The number of hydrogen-bond donors (Lipinski definition) is 6. The van der Waals surface area contributed by atoms with E-state index in [-0.39, 0.29) is 90.2 Å². The van der Waals surface area contributed by atoms with E-state index in [1.165, 1.54) is 18.9 Å². The second-order valence-corrected chi connectivity index (χ2v) is 26.8. The maximum absolute atomic E-state index is 15.3. The Morgan fingerprint density at radius 1 is 0.805 bits per heavy atom. The monoisotopic (exact) mass is 1180 g/mol. The summed E-state index contributed by atoms with van der Waals surface area (Å²) >= 11 is 5.14. The average molecular weight is 1180 g/mol. The van der Waals surface area contributed by atoms with Crippen molar-refractivity contribution < 1.29 is 62.2 Å². The molecule has 24 heteroatoms. The minimum absolute atomic E-state index is 0.0483. The first-order valence-electron chi connectivity index (χ1n) is 28.5. The highest BCUT2D eigenvalue weighted by atomic mass is 32.2. The number of methoxy groups -OCH3 is 2. The minimum atomic E-state index is -1.46. The number of unbranched alkanes of at least 4 members (excludes halogenated alkanes) is 2. The number of esters is 3. The number of likely N-dealkylation sites (N-methyl/N-ethyl adjacent to an activating group) is 1. The third kappa shape index (κ3) is 9.12. The molecule has 11 aliphatic rings. The smallest absolute Gasteiger partial charge is 0.331 e. The SMILES string of the molecule is COc1cc2c(cc1O)CCN[C@]21CS[C@@H]2c3c(OC(=O)CCCC[C@@H]4SCC5NC(=O)NC54)c(C)c4c(c3[C@H](COC1=O)N1C2[C@H]2c3c(cc(C)c(OC)c3OC(=O)CCCC[C@@H]3SCC5NC(=O)NC53)C[C@@H]([C@@H]1C#N)N2C)OCO4. The van der Waals surface area contributed by atoms with Gasteiger partial charge >= 0.3 is 30.0 Å². The summed E-state index contributed by atoms with van der Waals surface area (Å²) < 4.78 is 44.6. The zero-order valence-corrected chi connectivity index (χ0v) is 48.8. The topological polar surface area (TPSA) is 261 Å². The van der Waals surface area contributed by atoms with E-state index in [0.717, 1.165) is 59.4 Å². The molecule has 0 aliphatic carbocycles. The van der Waals surface area contributed by atoms with E-state index in [2.05, 4.69) is 48.5 Å². The molecule has 82 heavy (non-hydrogen) atoms. The van der Waals surface area contributed by atoms with E-state index in [4.69, 9.17) is 33.2 Å². The highest BCUT2D eigenvalue weighted by molar-refractivity contribution is 8.00. The zero-order chi connectivity index (χ0) is 56.9. The van der Waals surface area contributed by atoms with Crippen LogP contribution >= 0.6 is 35.3 Å². The van der Waals surface area contributed by atoms with Gasteiger partial charge in [-0.25, -0.2) is 14.4 Å². The number of nitriles is 1. The van der Waals surface area contributed by atoms with Gasteiger partial charge in [0.1, 0.15) is 18.4 Å². The molecular weight excluding hydrogens is 1110 g/mol. The van der Waals surface area contributed by atoms with Crippen molar-refractivity contribution in [1.82, 2.24) is 36.4 Å². The molecule has 13 atom stereocenters. The molecular formula is C58H68N8O13S3. The summed E-state index contributed by atoms with van der Waals surface area (Å²) in [6.45, 7) is 3.82. The van der Waals surface area contributed by atoms with Crippen LogP contribution in [-0.4, -0.2) is 156 Å². The van der Waals surface area contributed by atoms with Crippen LogP contribution in [0, 0.1) is 25.2 Å². The number of carbonyl (C=O) groups excluding carboxylic acids is 5. The quantitative estimate of drug-likeness (QED) is 0.0495. The van der Waals surface area contributed by atoms with Gasteiger partial charge in [-0.3, -0.25) is 24.7 Å². The first-order chi connectivity index (χ1) is 39.7. The van der Waals surface area contributed by atoms with Gasteiger partial charge in [-0.05, 0) is 93.8 Å². The van der Waals surface area contributed by atoms with Crippen LogP contribution in [0.3, 0.4) is 0 Å². The predicted molar refractivity (Wildman–Crippen MR) is 304 cm³/mol. The number of amides is 4. The van der Waals surface area contributed by atoms with Crippen molar-refractivity contribution in [1.29, 1.82) is 5.26 Å². The van der Waals surface area contributed by atoms with Gasteiger partial charge in [-0.15, -0.1) is 11.8 Å². The standard InChI is InChI=1S/C58H68N8O13S3/c1-26-16-29-17-33-34(20-59)66-35-21-75-55(70)58(30-19-37(73-4)36(67)18-28(30)14-15-60-58)24-82-54(44-43(35)52-51(76-25-77-52)27(2)50(44)78-40(68)12-8-6-10-38-45-31(22-80-38)61-56(71)63-45)48(66)47(65(33)3)42(29)53(49(26)74-5)79-41(69)13-9-7-11-39-46-32(23-81-39)62-57(72)64-46/h16,18-19,31-35,38-39,45-48,54,60,67H,6-15,17,21-25H2,1-5H3,(H2,61,63,71)(H2,62,64,72)/t31?,32?,33-,34-,35-,38-,39-,45?,46?,47+,48?,54+,58+/m0/s1. The lowest BCUT2D eigenvalue weighted by Gasteiger charge is -2.62. The number of ether oxygens (including phenoxy) is 7. The number of phenolic OH excluding ortho intramolecular Hbond substituents is 1. The van der Waals surface area contributed by atoms with E-state index in [0.29, 0.717) is 83.2 Å². The third-order valence-corrected chi connectivity index (χ3v) is 23.2. The fraction of sp³-hybridized carbons (Fsp3) is 0.586. The minimum Gasteiger partial charge on any atom is -0.504 e. The van der Waals surface area contributed by atoms with E-state index < -0.39 is 58.9 Å². The van der Waals surface area contributed by atoms with Crippen molar-refractivity contribution in [3.05, 3.63) is 62.7 Å². The average Bonchev–Trinajstić information content (AvgIpc) is 1.25. The second kappa shape index (κ2) is 21.9. The number of nitrogens with one attached hydrogen (secondary N) is 5. The molecule has 6 saturated heterocycles. The molecule has 11 heterocycles. The van der Waals surface area contributed by atoms with E-state index >= 15 is 4.79 Å². The number of fused-ring (bicyclic) bond motifs is 11. The van der Waals surface area contributed by atoms with Crippen molar-refractivity contribution in [3.63, 3.8) is 0 Å². The van der Waals surface area contributed by atoms with Gasteiger partial charge in [-0.1, -0.05) is 18.9 Å². The molecule has 436 valence electrons. The summed E-state index contributed by atoms with van der Waals surface area (Å²) in [6.07, 6.45) is 5.49. The molecule has 11 aliphatic heterocycles. The molecule has 0 saturated carbocycles. The lowest BCUT2D eigenvalue weighted by Crippen LogP contribution is -2.69. The Morgan fingerprint density at radius 3 is 2.13 bits per heavy atom. The van der Waals surface area contributed by atoms with Crippen molar-refractivity contribution in [2.45, 2.75) is 154 Å². The fourth-order valence-electron chi connectivity index (χ4n) is 15.0. The number of aryl methyl sites for hydroxylation is 1. The molecule has 0 aromatic heterocycles. The van der Waals surface area contributed by atoms with Gasteiger partial charge < -0.3 is 59.5 Å². The number of aromatic hydroxyl groups is 1. The maximum Gasteiger partial charge on any atom is 0.331 e. The Morgan fingerprint density at radius 2 is 1.48 bits per heavy atom. The summed E-state index contributed by atoms with van der Waals surface area (Å²) in [4.78, 5) is 72.9. The zero-order valence-electron chi connectivity index (χ0n) is 46.4. The predicted octanol–water partition coefficient (Wildman–Crippen LogP) is 5.62. The molecule has 3 aromatic carbocycles. The number of hydrogen-bond acceptors (Lipinski definition) is 20. The van der Waals surface area contributed by atoms with Crippen molar-refractivity contribution in [3.8, 4) is 46.3 Å². The molecule has 4 amide bonds. The summed E-state index contributed by atoms with van der Waals surface area (Å²) in [5, 5.41) is 38.2. The van der Waals surface area contributed by atoms with E-state index in [9.17, 15) is 29.5 Å². The number of urea groups is 2. The molecule has 0 radical (unpaired) electrons. The molecule has 14 rings (SSSR count). The normalized spacial score (nSPS) is 31.6. The van der Waals surface area contributed by atoms with Crippen LogP contribution in [-0.2, 0) is 37.5 Å². The summed E-state index contributed by atoms with van der Waals surface area (Å²) in [6, 6.07) is 4.91. The summed E-state index contributed by atoms with van der Waals surface area (Å²) in [5.41, 5.74) is 4.16. The van der Waals surface area contributed by atoms with E-state index in [1.807, 2.05) is 44.4 Å². The van der Waals surface area contributed by atoms with Crippen molar-refractivity contribution in [2.24, 2.45) is 0 Å². The Balaban J connectivity index is 0.900. The molecule has 3 aromatic rings. The Kier molecular flexibility index (Phi) is 14.8. The Labute approximate surface area is 488 Å². The van der Waals surface area contributed by atoms with Gasteiger partial charge in [-0.2, -0.15) is 28.8 Å². The van der Waals surface area contributed by atoms with Gasteiger partial charge in [0.05, 0.1) is 61.8 Å². The van der Waals surface area contributed by atoms with Crippen molar-refractivity contribution in [2.75, 3.05) is 58.5 Å². The lowest BCUT2D eigenvalue weighted by atomic mass is 9.71. The number of thioether (sulfide) groups is 3. The van der Waals surface area contributed by atoms with Gasteiger partial charge in [0.25, 0.3) is 0 Å². The van der Waals surface area contributed by atoms with Crippen LogP contribution in [0.1, 0.15) is 113 Å². The van der Waals surface area contributed by atoms with Crippen LogP contribution in [0.25, 0.3) is 0 Å². The molecule has 21 nitrogen and oxygen atoms in total. The number of carbonyl (C=O) groups is 5. The van der Waals surface area contributed by atoms with Gasteiger partial charge in [0.2, 0.25) is 6.79 Å². The fourth-order valence-corrected chi connectivity index (χ4v) is 19.7. The highest BCUT2D eigenvalue weighted by Crippen LogP contribution is 2.65. The van der Waals surface area contributed by atoms with Gasteiger partial charge in [0, 0.05) is 81.5 Å². The first kappa shape index (κ1) is 55.2. The van der Waals surface area contributed by atoms with Crippen LogP contribution in [0.5, 0.6) is 40.2 Å². The van der Waals surface area contributed by atoms with E-state index in [1.54, 1.807) is 19.2 Å². The summed E-state index contributed by atoms with van der Waals surface area (Å²) in [7, 11) is 5.04. The van der Waals surface area contributed by atoms with Crippen LogP contribution < -0.4 is 55.0 Å². The highest BCUT2D eigenvalue weighted by Gasteiger charge is 2.62. The number of nitrogens with zero attached hydrogens (tertiary/aromatic N) is 3. The second-order valence-electron chi connectivity index (χ2n) is 23.2. The molecule has 6 N–H and O–H groups in total. The number of piperazine rings is 1. The largest absolute Gasteiger partial charge is 0.504 e. The number of phenols is 1. The molecule has 1 spiro atoms. The molecule has 5 unspecified atom stereocenters. The molecule has 6 fully saturated rings. The lowest BCUT2D eigenvalue weighted by molar-refractivity contribution is -0.157. The number of benzene rings is 3. The molecule has 4 bridgehead atoms. The number of rotatable bonds is 14. The third-order valence-electron chi connectivity index (χ3n) is 18.7. The van der Waals surface area contributed by atoms with Crippen LogP contribution in [0.2, 0.25) is 0 Å². The Bertz CT molecular complexity index is 3200. The van der Waals surface area contributed by atoms with Gasteiger partial charge in [0.15, 0.2) is 40.0 Å². The van der Waals surface area contributed by atoms with Crippen LogP contribution in [0.15, 0.2) is 18.2 Å².